The van der Waals surface area contributed by atoms with E-state index in [2.05, 4.69) is 9.97 Å². The van der Waals surface area contributed by atoms with E-state index in [1.54, 1.807) is 0 Å². The average molecular weight is 288 g/mol. The van der Waals surface area contributed by atoms with Crippen LogP contribution in [0.5, 0.6) is 11.8 Å². The topological polar surface area (TPSA) is 56.7 Å². The summed E-state index contributed by atoms with van der Waals surface area (Å²) >= 11 is 6.06. The molecule has 0 N–H and O–H groups in total. The summed E-state index contributed by atoms with van der Waals surface area (Å²) < 4.78 is 16.0. The van der Waals surface area contributed by atoms with Gasteiger partial charge in [-0.15, -0.1) is 0 Å². The molecule has 2 rings (SSSR count). The van der Waals surface area contributed by atoms with Gasteiger partial charge in [0.25, 0.3) is 0 Å². The summed E-state index contributed by atoms with van der Waals surface area (Å²) in [6.07, 6.45) is 0.250. The molecule has 2 heterocycles. The Morgan fingerprint density at radius 2 is 1.58 bits per heavy atom. The number of morpholine rings is 1. The maximum Gasteiger partial charge on any atom is 0.241 e. The van der Waals surface area contributed by atoms with Gasteiger partial charge in [0.15, 0.2) is 5.02 Å². The molecular formula is C12H18ClN3O3. The van der Waals surface area contributed by atoms with Crippen LogP contribution in [-0.2, 0) is 4.74 Å². The van der Waals surface area contributed by atoms with Gasteiger partial charge in [-0.25, -0.2) is 0 Å². The molecule has 6 nitrogen and oxygen atoms in total. The fraction of sp³-hybridized carbons (Fsp3) is 0.667. The quantitative estimate of drug-likeness (QED) is 0.844. The Morgan fingerprint density at radius 3 is 2.00 bits per heavy atom. The third-order valence-corrected chi connectivity index (χ3v) is 3.19. The molecule has 1 aliphatic heterocycles. The van der Waals surface area contributed by atoms with Crippen LogP contribution in [0.25, 0.3) is 0 Å². The van der Waals surface area contributed by atoms with E-state index in [4.69, 9.17) is 25.8 Å². The number of ether oxygens (including phenoxy) is 3. The number of halogens is 1. The first-order valence-electron chi connectivity index (χ1n) is 6.11. The van der Waals surface area contributed by atoms with Crippen molar-refractivity contribution in [3.05, 3.63) is 5.02 Å². The van der Waals surface area contributed by atoms with Gasteiger partial charge >= 0.3 is 0 Å². The molecule has 0 amide bonds. The molecule has 0 spiro atoms. The molecule has 2 atom stereocenters. The summed E-state index contributed by atoms with van der Waals surface area (Å²) in [5, 5.41) is 0.281. The number of hydrogen-bond donors (Lipinski definition) is 0. The molecule has 0 aromatic carbocycles. The van der Waals surface area contributed by atoms with Crippen LogP contribution in [0.4, 0.5) is 5.95 Å². The maximum absolute atomic E-state index is 6.06. The summed E-state index contributed by atoms with van der Waals surface area (Å²) in [6, 6.07) is 0. The Balaban J connectivity index is 2.33. The highest BCUT2D eigenvalue weighted by atomic mass is 35.5. The largest absolute Gasteiger partial charge is 0.480 e. The molecule has 1 fully saturated rings. The SMILES string of the molecule is COc1nc(N2C[C@@H](C)O[C@@H](C)C2)nc(OC)c1Cl. The standard InChI is InChI=1S/C12H18ClN3O3/c1-7-5-16(6-8(2)19-7)12-14-10(17-3)9(13)11(15-12)18-4/h7-8H,5-6H2,1-4H3/t7-,8+. The molecule has 0 saturated carbocycles. The van der Waals surface area contributed by atoms with E-state index in [1.807, 2.05) is 18.7 Å². The van der Waals surface area contributed by atoms with Crippen molar-refractivity contribution in [1.29, 1.82) is 0 Å². The van der Waals surface area contributed by atoms with Gasteiger partial charge in [-0.05, 0) is 13.8 Å². The normalized spacial score (nSPS) is 23.3. The average Bonchev–Trinajstić information content (AvgIpc) is 2.37. The Morgan fingerprint density at radius 1 is 1.11 bits per heavy atom. The van der Waals surface area contributed by atoms with Crippen LogP contribution in [0.2, 0.25) is 5.02 Å². The maximum atomic E-state index is 6.06. The highest BCUT2D eigenvalue weighted by Gasteiger charge is 2.26. The van der Waals surface area contributed by atoms with Gasteiger partial charge in [0.1, 0.15) is 0 Å². The first-order chi connectivity index (χ1) is 9.05. The van der Waals surface area contributed by atoms with Crippen molar-refractivity contribution in [3.63, 3.8) is 0 Å². The molecule has 1 aliphatic rings. The molecule has 1 aromatic rings. The number of rotatable bonds is 3. The van der Waals surface area contributed by atoms with Crippen LogP contribution in [-0.4, -0.2) is 49.5 Å². The summed E-state index contributed by atoms with van der Waals surface area (Å²) in [6.45, 7) is 5.48. The Hall–Kier alpha value is -1.27. The minimum absolute atomic E-state index is 0.125. The van der Waals surface area contributed by atoms with E-state index < -0.39 is 0 Å². The van der Waals surface area contributed by atoms with Crippen molar-refractivity contribution in [3.8, 4) is 11.8 Å². The first kappa shape index (κ1) is 14.1. The lowest BCUT2D eigenvalue weighted by Gasteiger charge is -2.35. The van der Waals surface area contributed by atoms with E-state index in [9.17, 15) is 0 Å². The third kappa shape index (κ3) is 3.01. The zero-order valence-electron chi connectivity index (χ0n) is 11.5. The van der Waals surface area contributed by atoms with Crippen molar-refractivity contribution < 1.29 is 14.2 Å². The predicted molar refractivity (Wildman–Crippen MR) is 72.4 cm³/mol. The Kier molecular flexibility index (Phi) is 4.31. The van der Waals surface area contributed by atoms with Crippen LogP contribution in [0.1, 0.15) is 13.8 Å². The highest BCUT2D eigenvalue weighted by Crippen LogP contribution is 2.33. The molecule has 0 aliphatic carbocycles. The third-order valence-electron chi connectivity index (χ3n) is 2.87. The fourth-order valence-electron chi connectivity index (χ4n) is 2.15. The molecule has 106 valence electrons. The molecule has 0 radical (unpaired) electrons. The number of aromatic nitrogens is 2. The molecule has 7 heteroatoms. The summed E-state index contributed by atoms with van der Waals surface area (Å²) in [7, 11) is 3.03. The number of hydrogen-bond acceptors (Lipinski definition) is 6. The van der Waals surface area contributed by atoms with Crippen LogP contribution < -0.4 is 14.4 Å². The monoisotopic (exact) mass is 287 g/mol. The van der Waals surface area contributed by atoms with Crippen LogP contribution >= 0.6 is 11.6 Å². The van der Waals surface area contributed by atoms with Gasteiger partial charge in [-0.1, -0.05) is 11.6 Å². The second-order valence-corrected chi connectivity index (χ2v) is 4.90. The van der Waals surface area contributed by atoms with Crippen LogP contribution in [0.3, 0.4) is 0 Å². The van der Waals surface area contributed by atoms with E-state index >= 15 is 0 Å². The fourth-order valence-corrected chi connectivity index (χ4v) is 2.39. The van der Waals surface area contributed by atoms with Gasteiger partial charge in [-0.3, -0.25) is 0 Å². The smallest absolute Gasteiger partial charge is 0.241 e. The number of methoxy groups -OCH3 is 2. The van der Waals surface area contributed by atoms with Crippen LogP contribution in [0, 0.1) is 0 Å². The van der Waals surface area contributed by atoms with Crippen molar-refractivity contribution in [2.24, 2.45) is 0 Å². The second kappa shape index (κ2) is 5.79. The van der Waals surface area contributed by atoms with E-state index in [-0.39, 0.29) is 17.2 Å². The van der Waals surface area contributed by atoms with Gasteiger partial charge in [0.05, 0.1) is 26.4 Å². The molecule has 0 bridgehead atoms. The first-order valence-corrected chi connectivity index (χ1v) is 6.48. The van der Waals surface area contributed by atoms with Crippen molar-refractivity contribution >= 4 is 17.5 Å². The zero-order valence-corrected chi connectivity index (χ0v) is 12.3. The van der Waals surface area contributed by atoms with Crippen molar-refractivity contribution in [1.82, 2.24) is 9.97 Å². The summed E-state index contributed by atoms with van der Waals surface area (Å²) in [5.74, 6) is 1.17. The molecule has 0 unspecified atom stereocenters. The van der Waals surface area contributed by atoms with E-state index in [0.717, 1.165) is 13.1 Å². The highest BCUT2D eigenvalue weighted by molar-refractivity contribution is 6.33. The Labute approximate surface area is 117 Å². The lowest BCUT2D eigenvalue weighted by atomic mass is 10.2. The van der Waals surface area contributed by atoms with Crippen molar-refractivity contribution in [2.75, 3.05) is 32.2 Å². The Bertz CT molecular complexity index is 423. The number of nitrogens with zero attached hydrogens (tertiary/aromatic N) is 3. The predicted octanol–water partition coefficient (Wildman–Crippen LogP) is 1.76. The van der Waals surface area contributed by atoms with Gasteiger partial charge < -0.3 is 19.1 Å². The zero-order chi connectivity index (χ0) is 14.0. The van der Waals surface area contributed by atoms with Gasteiger partial charge in [0, 0.05) is 13.1 Å². The lowest BCUT2D eigenvalue weighted by Crippen LogP contribution is -2.46. The van der Waals surface area contributed by atoms with Crippen molar-refractivity contribution in [2.45, 2.75) is 26.1 Å². The lowest BCUT2D eigenvalue weighted by molar-refractivity contribution is -0.00578. The van der Waals surface area contributed by atoms with Gasteiger partial charge in [0.2, 0.25) is 17.7 Å². The minimum atomic E-state index is 0.125. The summed E-state index contributed by atoms with van der Waals surface area (Å²) in [5.41, 5.74) is 0. The molecule has 19 heavy (non-hydrogen) atoms. The van der Waals surface area contributed by atoms with Crippen LogP contribution in [0.15, 0.2) is 0 Å². The molecule has 1 saturated heterocycles. The minimum Gasteiger partial charge on any atom is -0.480 e. The van der Waals surface area contributed by atoms with E-state index in [1.165, 1.54) is 14.2 Å². The summed E-state index contributed by atoms with van der Waals surface area (Å²) in [4.78, 5) is 10.7. The van der Waals surface area contributed by atoms with E-state index in [0.29, 0.717) is 17.7 Å². The molecule has 1 aromatic heterocycles. The second-order valence-electron chi connectivity index (χ2n) is 4.52. The van der Waals surface area contributed by atoms with Gasteiger partial charge in [-0.2, -0.15) is 9.97 Å². The molecular weight excluding hydrogens is 270 g/mol. The number of anilines is 1.